The normalized spacial score (nSPS) is 12.5. The monoisotopic (exact) mass is 218 g/mol. The molecule has 4 nitrogen and oxygen atoms in total. The van der Waals surface area contributed by atoms with E-state index in [0.717, 1.165) is 6.42 Å². The first-order valence-corrected chi connectivity index (χ1v) is 5.59. The lowest BCUT2D eigenvalue weighted by molar-refractivity contribution is -0.148. The predicted octanol–water partition coefficient (Wildman–Crippen LogP) is 1.77. The van der Waals surface area contributed by atoms with Gasteiger partial charge in [-0.15, -0.1) is 0 Å². The van der Waals surface area contributed by atoms with Crippen LogP contribution in [-0.2, 0) is 19.0 Å². The summed E-state index contributed by atoms with van der Waals surface area (Å²) in [5.41, 5.74) is 0. The Labute approximate surface area is 91.9 Å². The van der Waals surface area contributed by atoms with Crippen molar-refractivity contribution >= 4 is 5.97 Å². The Bertz CT molecular complexity index is 159. The Balaban J connectivity index is 3.76. The van der Waals surface area contributed by atoms with Gasteiger partial charge in [0.2, 0.25) is 0 Å². The fourth-order valence-corrected chi connectivity index (χ4v) is 1.11. The van der Waals surface area contributed by atoms with Gasteiger partial charge < -0.3 is 14.2 Å². The van der Waals surface area contributed by atoms with Crippen molar-refractivity contribution < 1.29 is 19.0 Å². The van der Waals surface area contributed by atoms with E-state index in [1.54, 1.807) is 0 Å². The van der Waals surface area contributed by atoms with Crippen LogP contribution in [0.5, 0.6) is 0 Å². The number of hydrogen-bond donors (Lipinski definition) is 0. The van der Waals surface area contributed by atoms with E-state index in [1.165, 1.54) is 0 Å². The van der Waals surface area contributed by atoms with Crippen LogP contribution >= 0.6 is 0 Å². The van der Waals surface area contributed by atoms with Crippen LogP contribution in [0.3, 0.4) is 0 Å². The minimum atomic E-state index is -0.213. The number of rotatable bonds is 9. The second-order valence-electron chi connectivity index (χ2n) is 3.16. The van der Waals surface area contributed by atoms with Crippen molar-refractivity contribution in [2.45, 2.75) is 39.7 Å². The maximum absolute atomic E-state index is 11.3. The van der Waals surface area contributed by atoms with Gasteiger partial charge in [0.1, 0.15) is 0 Å². The fourth-order valence-electron chi connectivity index (χ4n) is 1.11. The molecule has 0 aliphatic heterocycles. The van der Waals surface area contributed by atoms with Crippen molar-refractivity contribution in [3.63, 3.8) is 0 Å². The van der Waals surface area contributed by atoms with Gasteiger partial charge in [0.15, 0.2) is 0 Å². The van der Waals surface area contributed by atoms with Gasteiger partial charge in [-0.2, -0.15) is 0 Å². The Morgan fingerprint density at radius 1 is 1.20 bits per heavy atom. The standard InChI is InChI=1S/C11H22O4/c1-4-7-15-11(12)8-10(14-6-3)9-13-5-2/h10H,4-9H2,1-3H3. The molecule has 0 aromatic carbocycles. The van der Waals surface area contributed by atoms with Gasteiger partial charge in [-0.25, -0.2) is 0 Å². The molecule has 0 aliphatic carbocycles. The summed E-state index contributed by atoms with van der Waals surface area (Å²) in [4.78, 5) is 11.3. The van der Waals surface area contributed by atoms with E-state index in [-0.39, 0.29) is 18.5 Å². The number of ether oxygens (including phenoxy) is 3. The summed E-state index contributed by atoms with van der Waals surface area (Å²) < 4.78 is 15.6. The third-order valence-corrected chi connectivity index (χ3v) is 1.77. The molecule has 0 amide bonds. The van der Waals surface area contributed by atoms with Crippen molar-refractivity contribution in [2.24, 2.45) is 0 Å². The van der Waals surface area contributed by atoms with Gasteiger partial charge in [0.25, 0.3) is 0 Å². The molecule has 90 valence electrons. The van der Waals surface area contributed by atoms with Gasteiger partial charge in [-0.05, 0) is 20.3 Å². The van der Waals surface area contributed by atoms with Crippen molar-refractivity contribution in [2.75, 3.05) is 26.4 Å². The summed E-state index contributed by atoms with van der Waals surface area (Å²) in [6.07, 6.45) is 0.934. The minimum Gasteiger partial charge on any atom is -0.466 e. The Morgan fingerprint density at radius 2 is 1.93 bits per heavy atom. The first-order chi connectivity index (χ1) is 7.24. The highest BCUT2D eigenvalue weighted by molar-refractivity contribution is 5.69. The van der Waals surface area contributed by atoms with Crippen LogP contribution in [0, 0.1) is 0 Å². The summed E-state index contributed by atoms with van der Waals surface area (Å²) in [7, 11) is 0. The molecule has 0 radical (unpaired) electrons. The maximum atomic E-state index is 11.3. The first-order valence-electron chi connectivity index (χ1n) is 5.59. The average molecular weight is 218 g/mol. The molecular formula is C11H22O4. The average Bonchev–Trinajstić information content (AvgIpc) is 2.23. The zero-order valence-corrected chi connectivity index (χ0v) is 9.95. The smallest absolute Gasteiger partial charge is 0.308 e. The summed E-state index contributed by atoms with van der Waals surface area (Å²) in [5, 5.41) is 0. The highest BCUT2D eigenvalue weighted by atomic mass is 16.5. The van der Waals surface area contributed by atoms with E-state index >= 15 is 0 Å². The lowest BCUT2D eigenvalue weighted by atomic mass is 10.2. The molecule has 0 bridgehead atoms. The second-order valence-corrected chi connectivity index (χ2v) is 3.16. The van der Waals surface area contributed by atoms with Crippen LogP contribution in [0.1, 0.15) is 33.6 Å². The molecule has 1 unspecified atom stereocenters. The molecule has 15 heavy (non-hydrogen) atoms. The van der Waals surface area contributed by atoms with Crippen LogP contribution in [-0.4, -0.2) is 38.5 Å². The lowest BCUT2D eigenvalue weighted by Gasteiger charge is -2.15. The Kier molecular flexibility index (Phi) is 9.52. The highest BCUT2D eigenvalue weighted by Crippen LogP contribution is 2.02. The van der Waals surface area contributed by atoms with Crippen LogP contribution in [0.25, 0.3) is 0 Å². The third-order valence-electron chi connectivity index (χ3n) is 1.77. The summed E-state index contributed by atoms with van der Waals surface area (Å²) >= 11 is 0. The summed E-state index contributed by atoms with van der Waals surface area (Å²) in [6.45, 7) is 7.92. The van der Waals surface area contributed by atoms with Gasteiger partial charge in [0.05, 0.1) is 25.7 Å². The SMILES string of the molecule is CCCOC(=O)CC(COCC)OCC. The second kappa shape index (κ2) is 9.93. The van der Waals surface area contributed by atoms with Gasteiger partial charge >= 0.3 is 5.97 Å². The van der Waals surface area contributed by atoms with Crippen LogP contribution < -0.4 is 0 Å². The van der Waals surface area contributed by atoms with E-state index in [1.807, 2.05) is 20.8 Å². The van der Waals surface area contributed by atoms with Crippen LogP contribution in [0.4, 0.5) is 0 Å². The molecule has 0 saturated heterocycles. The molecule has 0 aromatic rings. The van der Waals surface area contributed by atoms with Crippen molar-refractivity contribution in [3.8, 4) is 0 Å². The molecule has 0 spiro atoms. The van der Waals surface area contributed by atoms with E-state index in [4.69, 9.17) is 14.2 Å². The molecule has 0 heterocycles. The fraction of sp³-hybridized carbons (Fsp3) is 0.909. The van der Waals surface area contributed by atoms with Gasteiger partial charge in [-0.1, -0.05) is 6.92 Å². The van der Waals surface area contributed by atoms with Crippen molar-refractivity contribution in [1.29, 1.82) is 0 Å². The Hall–Kier alpha value is -0.610. The number of carbonyl (C=O) groups is 1. The van der Waals surface area contributed by atoms with Gasteiger partial charge in [0, 0.05) is 13.2 Å². The van der Waals surface area contributed by atoms with E-state index in [2.05, 4.69) is 0 Å². The third kappa shape index (κ3) is 8.39. The highest BCUT2D eigenvalue weighted by Gasteiger charge is 2.14. The minimum absolute atomic E-state index is 0.181. The molecule has 0 aliphatic rings. The first kappa shape index (κ1) is 14.4. The quantitative estimate of drug-likeness (QED) is 0.553. The number of esters is 1. The largest absolute Gasteiger partial charge is 0.466 e. The van der Waals surface area contributed by atoms with Gasteiger partial charge in [-0.3, -0.25) is 4.79 Å². The summed E-state index contributed by atoms with van der Waals surface area (Å²) in [6, 6.07) is 0. The number of hydrogen-bond acceptors (Lipinski definition) is 4. The predicted molar refractivity (Wildman–Crippen MR) is 57.8 cm³/mol. The van der Waals surface area contributed by atoms with Crippen LogP contribution in [0.2, 0.25) is 0 Å². The topological polar surface area (TPSA) is 44.8 Å². The van der Waals surface area contributed by atoms with E-state index < -0.39 is 0 Å². The molecule has 0 N–H and O–H groups in total. The number of carbonyl (C=O) groups excluding carboxylic acids is 1. The lowest BCUT2D eigenvalue weighted by Crippen LogP contribution is -2.24. The van der Waals surface area contributed by atoms with Crippen LogP contribution in [0.15, 0.2) is 0 Å². The molecule has 1 atom stereocenters. The molecule has 0 saturated carbocycles. The van der Waals surface area contributed by atoms with E-state index in [0.29, 0.717) is 26.4 Å². The molecule has 0 aromatic heterocycles. The van der Waals surface area contributed by atoms with Crippen molar-refractivity contribution in [3.05, 3.63) is 0 Å². The molecule has 4 heteroatoms. The molecular weight excluding hydrogens is 196 g/mol. The summed E-state index contributed by atoms with van der Waals surface area (Å²) in [5.74, 6) is -0.213. The Morgan fingerprint density at radius 3 is 2.47 bits per heavy atom. The maximum Gasteiger partial charge on any atom is 0.308 e. The van der Waals surface area contributed by atoms with Crippen molar-refractivity contribution in [1.82, 2.24) is 0 Å². The molecule has 0 fully saturated rings. The molecule has 0 rings (SSSR count). The zero-order valence-electron chi connectivity index (χ0n) is 9.95. The zero-order chi connectivity index (χ0) is 11.5. The van der Waals surface area contributed by atoms with E-state index in [9.17, 15) is 4.79 Å².